The number of ketones is 1. The lowest BCUT2D eigenvalue weighted by Crippen LogP contribution is -2.48. The number of carbonyl (C=O) groups excluding carboxylic acids is 1. The van der Waals surface area contributed by atoms with E-state index in [2.05, 4.69) is 19.9 Å². The summed E-state index contributed by atoms with van der Waals surface area (Å²) < 4.78 is 0. The lowest BCUT2D eigenvalue weighted by Gasteiger charge is -2.57. The second-order valence-corrected chi connectivity index (χ2v) is 8.57. The molecule has 0 aliphatic heterocycles. The monoisotopic (exact) mass is 272 g/mol. The summed E-state index contributed by atoms with van der Waals surface area (Å²) in [6, 6.07) is 0. The fourth-order valence-corrected chi connectivity index (χ4v) is 6.53. The summed E-state index contributed by atoms with van der Waals surface area (Å²) in [7, 11) is 0. The van der Waals surface area contributed by atoms with Crippen molar-refractivity contribution in [2.45, 2.75) is 71.6 Å². The molecule has 3 fully saturated rings. The van der Waals surface area contributed by atoms with Crippen LogP contribution in [0.4, 0.5) is 0 Å². The summed E-state index contributed by atoms with van der Waals surface area (Å²) in [5.74, 6) is 2.95. The fourth-order valence-electron chi connectivity index (χ4n) is 6.53. The van der Waals surface area contributed by atoms with Gasteiger partial charge in [-0.15, -0.1) is 0 Å². The Balaban J connectivity index is 1.69. The second kappa shape index (κ2) is 4.21. The maximum absolute atomic E-state index is 12.0. The Kier molecular flexibility index (Phi) is 2.76. The lowest BCUT2D eigenvalue weighted by molar-refractivity contribution is -0.118. The molecule has 0 aromatic carbocycles. The fraction of sp³-hybridized carbons (Fsp3) is 0.842. The summed E-state index contributed by atoms with van der Waals surface area (Å²) in [5, 5.41) is 0. The van der Waals surface area contributed by atoms with Crippen molar-refractivity contribution >= 4 is 5.78 Å². The summed E-state index contributed by atoms with van der Waals surface area (Å²) in [6.45, 7) is 4.96. The van der Waals surface area contributed by atoms with Crippen LogP contribution in [0.3, 0.4) is 0 Å². The molecule has 0 spiro atoms. The molecule has 0 saturated heterocycles. The Morgan fingerprint density at radius 3 is 2.85 bits per heavy atom. The summed E-state index contributed by atoms with van der Waals surface area (Å²) in [4.78, 5) is 12.0. The van der Waals surface area contributed by atoms with Gasteiger partial charge in [0.25, 0.3) is 0 Å². The third kappa shape index (κ3) is 1.64. The van der Waals surface area contributed by atoms with Crippen LogP contribution in [0.15, 0.2) is 11.6 Å². The van der Waals surface area contributed by atoms with Crippen molar-refractivity contribution in [3.8, 4) is 0 Å². The van der Waals surface area contributed by atoms with Crippen LogP contribution in [-0.2, 0) is 4.79 Å². The SMILES string of the molecule is C[C@]12CC[C@H]3[C@@H](CCC4=CCCC[C@@]43C)[C@@H]1CC(=O)C2. The molecular weight excluding hydrogens is 244 g/mol. The van der Waals surface area contributed by atoms with Gasteiger partial charge in [0.15, 0.2) is 0 Å². The van der Waals surface area contributed by atoms with E-state index in [9.17, 15) is 4.79 Å². The molecule has 5 atom stereocenters. The zero-order chi connectivity index (χ0) is 14.0. The highest BCUT2D eigenvalue weighted by atomic mass is 16.1. The standard InChI is InChI=1S/C19H28O/c1-18-10-8-16-15(17(18)11-14(20)12-18)7-6-13-5-3-4-9-19(13,16)2/h5,15-17H,3-4,6-12H2,1-2H3/t15-,16+,17+,18-,19+/m1/s1. The summed E-state index contributed by atoms with van der Waals surface area (Å²) >= 11 is 0. The van der Waals surface area contributed by atoms with Gasteiger partial charge in [-0.05, 0) is 73.5 Å². The molecule has 0 heterocycles. The Morgan fingerprint density at radius 1 is 1.15 bits per heavy atom. The average molecular weight is 272 g/mol. The van der Waals surface area contributed by atoms with E-state index in [0.29, 0.717) is 22.5 Å². The number of fused-ring (bicyclic) bond motifs is 5. The van der Waals surface area contributed by atoms with E-state index in [4.69, 9.17) is 0 Å². The molecule has 0 aromatic heterocycles. The molecule has 0 amide bonds. The van der Waals surface area contributed by atoms with E-state index >= 15 is 0 Å². The summed E-state index contributed by atoms with van der Waals surface area (Å²) in [6.07, 6.45) is 13.8. The van der Waals surface area contributed by atoms with Crippen LogP contribution in [-0.4, -0.2) is 5.78 Å². The number of Topliss-reactive ketones (excluding diaryl/α,β-unsaturated/α-hetero) is 1. The van der Waals surface area contributed by atoms with E-state index in [1.54, 1.807) is 5.57 Å². The highest BCUT2D eigenvalue weighted by Gasteiger charge is 2.57. The molecular formula is C19H28O. The van der Waals surface area contributed by atoms with E-state index < -0.39 is 0 Å². The van der Waals surface area contributed by atoms with Crippen LogP contribution in [0.1, 0.15) is 71.6 Å². The first-order chi connectivity index (χ1) is 9.53. The van der Waals surface area contributed by atoms with Crippen molar-refractivity contribution in [3.63, 3.8) is 0 Å². The highest BCUT2D eigenvalue weighted by Crippen LogP contribution is 2.64. The normalized spacial score (nSPS) is 51.0. The number of carbonyl (C=O) groups is 1. The maximum Gasteiger partial charge on any atom is 0.133 e. The largest absolute Gasteiger partial charge is 0.300 e. The Morgan fingerprint density at radius 2 is 2.00 bits per heavy atom. The molecule has 0 aromatic rings. The molecule has 0 unspecified atom stereocenters. The molecule has 1 nitrogen and oxygen atoms in total. The van der Waals surface area contributed by atoms with E-state index in [0.717, 1.165) is 24.7 Å². The van der Waals surface area contributed by atoms with Gasteiger partial charge in [0.2, 0.25) is 0 Å². The van der Waals surface area contributed by atoms with E-state index in [1.165, 1.54) is 44.9 Å². The quantitative estimate of drug-likeness (QED) is 0.573. The van der Waals surface area contributed by atoms with Gasteiger partial charge in [0.1, 0.15) is 5.78 Å². The van der Waals surface area contributed by atoms with Crippen LogP contribution < -0.4 is 0 Å². The van der Waals surface area contributed by atoms with Crippen LogP contribution in [0.5, 0.6) is 0 Å². The number of rotatable bonds is 0. The van der Waals surface area contributed by atoms with Gasteiger partial charge in [-0.1, -0.05) is 25.5 Å². The molecule has 4 aliphatic carbocycles. The molecule has 20 heavy (non-hydrogen) atoms. The first-order valence-corrected chi connectivity index (χ1v) is 8.74. The van der Waals surface area contributed by atoms with Crippen LogP contribution in [0, 0.1) is 28.6 Å². The zero-order valence-electron chi connectivity index (χ0n) is 13.1. The van der Waals surface area contributed by atoms with Crippen LogP contribution in [0.25, 0.3) is 0 Å². The van der Waals surface area contributed by atoms with Gasteiger partial charge >= 0.3 is 0 Å². The second-order valence-electron chi connectivity index (χ2n) is 8.57. The van der Waals surface area contributed by atoms with Gasteiger partial charge in [-0.3, -0.25) is 4.79 Å². The molecule has 4 rings (SSSR count). The molecule has 0 bridgehead atoms. The minimum Gasteiger partial charge on any atom is -0.300 e. The van der Waals surface area contributed by atoms with Gasteiger partial charge in [0.05, 0.1) is 0 Å². The van der Waals surface area contributed by atoms with Crippen molar-refractivity contribution in [2.75, 3.05) is 0 Å². The average Bonchev–Trinajstić information content (AvgIpc) is 2.72. The van der Waals surface area contributed by atoms with Gasteiger partial charge in [-0.2, -0.15) is 0 Å². The van der Waals surface area contributed by atoms with Crippen LogP contribution >= 0.6 is 0 Å². The van der Waals surface area contributed by atoms with Crippen LogP contribution in [0.2, 0.25) is 0 Å². The van der Waals surface area contributed by atoms with Gasteiger partial charge in [-0.25, -0.2) is 0 Å². The van der Waals surface area contributed by atoms with Crippen molar-refractivity contribution in [1.82, 2.24) is 0 Å². The van der Waals surface area contributed by atoms with Crippen molar-refractivity contribution in [3.05, 3.63) is 11.6 Å². The van der Waals surface area contributed by atoms with Gasteiger partial charge in [0, 0.05) is 12.8 Å². The molecule has 1 heteroatoms. The van der Waals surface area contributed by atoms with Crippen molar-refractivity contribution in [1.29, 1.82) is 0 Å². The third-order valence-electron chi connectivity index (χ3n) is 7.59. The smallest absolute Gasteiger partial charge is 0.133 e. The molecule has 0 radical (unpaired) electrons. The first kappa shape index (κ1) is 13.1. The molecule has 3 saturated carbocycles. The lowest BCUT2D eigenvalue weighted by atomic mass is 9.47. The number of hydrogen-bond donors (Lipinski definition) is 0. The maximum atomic E-state index is 12.0. The number of hydrogen-bond acceptors (Lipinski definition) is 1. The summed E-state index contributed by atoms with van der Waals surface area (Å²) in [5.41, 5.74) is 2.61. The predicted molar refractivity (Wildman–Crippen MR) is 81.3 cm³/mol. The predicted octanol–water partition coefficient (Wildman–Crippen LogP) is 4.91. The Labute approximate surface area is 123 Å². The Bertz CT molecular complexity index is 476. The zero-order valence-corrected chi connectivity index (χ0v) is 13.1. The first-order valence-electron chi connectivity index (χ1n) is 8.74. The molecule has 0 N–H and O–H groups in total. The van der Waals surface area contributed by atoms with Crippen molar-refractivity contribution in [2.24, 2.45) is 28.6 Å². The van der Waals surface area contributed by atoms with E-state index in [1.807, 2.05) is 0 Å². The minimum absolute atomic E-state index is 0.352. The van der Waals surface area contributed by atoms with E-state index in [-0.39, 0.29) is 0 Å². The molecule has 110 valence electrons. The van der Waals surface area contributed by atoms with Crippen molar-refractivity contribution < 1.29 is 4.79 Å². The topological polar surface area (TPSA) is 17.1 Å². The van der Waals surface area contributed by atoms with Gasteiger partial charge < -0.3 is 0 Å². The molecule has 4 aliphatic rings. The number of allylic oxidation sites excluding steroid dienone is 2. The highest BCUT2D eigenvalue weighted by molar-refractivity contribution is 5.82. The minimum atomic E-state index is 0.352. The Hall–Kier alpha value is -0.590. The third-order valence-corrected chi connectivity index (χ3v) is 7.59.